The predicted octanol–water partition coefficient (Wildman–Crippen LogP) is 3.57. The smallest absolute Gasteiger partial charge is 0.166 e. The van der Waals surface area contributed by atoms with Crippen molar-refractivity contribution in [3.63, 3.8) is 0 Å². The molecule has 0 radical (unpaired) electrons. The molecule has 114 valence electrons. The number of benzene rings is 1. The maximum atomic E-state index is 12.6. The summed E-state index contributed by atoms with van der Waals surface area (Å²) in [6.45, 7) is 2.76. The number of hydrogen-bond acceptors (Lipinski definition) is 2. The van der Waals surface area contributed by atoms with Crippen LogP contribution >= 0.6 is 0 Å². The lowest BCUT2D eigenvalue weighted by atomic mass is 10.1. The number of Topliss-reactive ketones (excluding diaryl/α,β-unsaturated/α-hetero) is 1. The molecule has 3 rings (SSSR count). The van der Waals surface area contributed by atoms with Crippen LogP contribution in [-0.2, 0) is 13.6 Å². The van der Waals surface area contributed by atoms with Gasteiger partial charge in [-0.3, -0.25) is 4.79 Å². The van der Waals surface area contributed by atoms with Gasteiger partial charge in [0, 0.05) is 54.6 Å². The number of hydrogen-bond donors (Lipinski definition) is 0. The van der Waals surface area contributed by atoms with Crippen LogP contribution in [0.2, 0.25) is 0 Å². The number of aromatic nitrogens is 2. The molecule has 2 heterocycles. The summed E-state index contributed by atoms with van der Waals surface area (Å²) in [7, 11) is 3.60. The summed E-state index contributed by atoms with van der Waals surface area (Å²) in [5.74, 6) is 0.931. The highest BCUT2D eigenvalue weighted by Crippen LogP contribution is 2.26. The molecule has 0 bridgehead atoms. The van der Waals surface area contributed by atoms with Crippen molar-refractivity contribution >= 4 is 16.7 Å². The standard InChI is InChI=1S/C18H20N2O2/c1-13-5-4-9-20(13)10-8-18(21)16-12-19(2)17-7-6-14(22-3)11-15(16)17/h4-7,9,11-12H,8,10H2,1-3H3. The van der Waals surface area contributed by atoms with Crippen LogP contribution in [-0.4, -0.2) is 22.0 Å². The molecule has 0 N–H and O–H groups in total. The lowest BCUT2D eigenvalue weighted by Gasteiger charge is -2.05. The quantitative estimate of drug-likeness (QED) is 0.675. The van der Waals surface area contributed by atoms with E-state index in [-0.39, 0.29) is 5.78 Å². The van der Waals surface area contributed by atoms with Crippen LogP contribution in [0.5, 0.6) is 5.75 Å². The normalized spacial score (nSPS) is 11.0. The predicted molar refractivity (Wildman–Crippen MR) is 87.6 cm³/mol. The van der Waals surface area contributed by atoms with Gasteiger partial charge in [0.05, 0.1) is 7.11 Å². The zero-order valence-electron chi connectivity index (χ0n) is 13.2. The number of rotatable bonds is 5. The summed E-state index contributed by atoms with van der Waals surface area (Å²) in [6.07, 6.45) is 4.41. The maximum absolute atomic E-state index is 12.6. The number of carbonyl (C=O) groups excluding carboxylic acids is 1. The molecule has 0 aliphatic carbocycles. The Balaban J connectivity index is 1.88. The van der Waals surface area contributed by atoms with E-state index in [9.17, 15) is 4.79 Å². The first-order valence-corrected chi connectivity index (χ1v) is 7.38. The minimum atomic E-state index is 0.159. The van der Waals surface area contributed by atoms with Gasteiger partial charge in [0.2, 0.25) is 0 Å². The van der Waals surface area contributed by atoms with Crippen molar-refractivity contribution in [2.24, 2.45) is 7.05 Å². The van der Waals surface area contributed by atoms with Crippen molar-refractivity contribution in [2.75, 3.05) is 7.11 Å². The fraction of sp³-hybridized carbons (Fsp3) is 0.278. The number of methoxy groups -OCH3 is 1. The highest BCUT2D eigenvalue weighted by Gasteiger charge is 2.14. The largest absolute Gasteiger partial charge is 0.497 e. The van der Waals surface area contributed by atoms with E-state index in [1.165, 1.54) is 5.69 Å². The number of fused-ring (bicyclic) bond motifs is 1. The van der Waals surface area contributed by atoms with E-state index in [0.717, 1.165) is 22.2 Å². The Morgan fingerprint density at radius 3 is 2.77 bits per heavy atom. The molecule has 0 unspecified atom stereocenters. The second kappa shape index (κ2) is 5.72. The van der Waals surface area contributed by atoms with Crippen molar-refractivity contribution in [2.45, 2.75) is 19.9 Å². The second-order valence-electron chi connectivity index (χ2n) is 5.55. The summed E-state index contributed by atoms with van der Waals surface area (Å²) in [5.41, 5.74) is 2.98. The van der Waals surface area contributed by atoms with E-state index in [0.29, 0.717) is 13.0 Å². The van der Waals surface area contributed by atoms with Crippen molar-refractivity contribution in [3.8, 4) is 5.75 Å². The molecule has 0 aliphatic rings. The van der Waals surface area contributed by atoms with Gasteiger partial charge in [-0.15, -0.1) is 0 Å². The van der Waals surface area contributed by atoms with Gasteiger partial charge in [-0.05, 0) is 37.3 Å². The third kappa shape index (κ3) is 2.52. The van der Waals surface area contributed by atoms with Crippen LogP contribution in [0.25, 0.3) is 10.9 Å². The molecule has 1 aromatic carbocycles. The van der Waals surface area contributed by atoms with Gasteiger partial charge in [-0.1, -0.05) is 0 Å². The average molecular weight is 296 g/mol. The van der Waals surface area contributed by atoms with Gasteiger partial charge < -0.3 is 13.9 Å². The molecule has 4 nitrogen and oxygen atoms in total. The summed E-state index contributed by atoms with van der Waals surface area (Å²) in [6, 6.07) is 9.89. The molecule has 0 atom stereocenters. The van der Waals surface area contributed by atoms with Crippen LogP contribution in [0.4, 0.5) is 0 Å². The van der Waals surface area contributed by atoms with E-state index in [4.69, 9.17) is 4.74 Å². The molecule has 2 aromatic heterocycles. The summed E-state index contributed by atoms with van der Waals surface area (Å²) >= 11 is 0. The molecular weight excluding hydrogens is 276 g/mol. The number of aryl methyl sites for hydroxylation is 3. The molecule has 4 heteroatoms. The van der Waals surface area contributed by atoms with Crippen molar-refractivity contribution in [1.82, 2.24) is 9.13 Å². The van der Waals surface area contributed by atoms with Crippen LogP contribution in [0, 0.1) is 6.92 Å². The molecule has 0 fully saturated rings. The van der Waals surface area contributed by atoms with Crippen LogP contribution in [0.15, 0.2) is 42.7 Å². The average Bonchev–Trinajstić information content (AvgIpc) is 3.08. The van der Waals surface area contributed by atoms with Gasteiger partial charge in [0.1, 0.15) is 5.75 Å². The van der Waals surface area contributed by atoms with E-state index >= 15 is 0 Å². The van der Waals surface area contributed by atoms with Gasteiger partial charge in [-0.2, -0.15) is 0 Å². The van der Waals surface area contributed by atoms with Crippen molar-refractivity contribution < 1.29 is 9.53 Å². The fourth-order valence-corrected chi connectivity index (χ4v) is 2.83. The van der Waals surface area contributed by atoms with Gasteiger partial charge >= 0.3 is 0 Å². The third-order valence-electron chi connectivity index (χ3n) is 4.13. The third-order valence-corrected chi connectivity index (χ3v) is 4.13. The molecule has 0 aliphatic heterocycles. The topological polar surface area (TPSA) is 36.2 Å². The van der Waals surface area contributed by atoms with Gasteiger partial charge in [-0.25, -0.2) is 0 Å². The van der Waals surface area contributed by atoms with Crippen molar-refractivity contribution in [1.29, 1.82) is 0 Å². The minimum absolute atomic E-state index is 0.159. The summed E-state index contributed by atoms with van der Waals surface area (Å²) in [5, 5.41) is 0.955. The highest BCUT2D eigenvalue weighted by atomic mass is 16.5. The maximum Gasteiger partial charge on any atom is 0.166 e. The Hall–Kier alpha value is -2.49. The summed E-state index contributed by atoms with van der Waals surface area (Å²) in [4.78, 5) is 12.6. The lowest BCUT2D eigenvalue weighted by molar-refractivity contribution is 0.0978. The summed E-state index contributed by atoms with van der Waals surface area (Å²) < 4.78 is 9.37. The Morgan fingerprint density at radius 2 is 2.09 bits per heavy atom. The molecule has 22 heavy (non-hydrogen) atoms. The molecule has 0 saturated heterocycles. The highest BCUT2D eigenvalue weighted by molar-refractivity contribution is 6.08. The molecule has 0 saturated carbocycles. The van der Waals surface area contributed by atoms with E-state index in [2.05, 4.69) is 4.57 Å². The minimum Gasteiger partial charge on any atom is -0.497 e. The Morgan fingerprint density at radius 1 is 1.27 bits per heavy atom. The van der Waals surface area contributed by atoms with Gasteiger partial charge in [0.15, 0.2) is 5.78 Å². The number of carbonyl (C=O) groups is 1. The molecule has 0 amide bonds. The van der Waals surface area contributed by atoms with Gasteiger partial charge in [0.25, 0.3) is 0 Å². The molecular formula is C18H20N2O2. The monoisotopic (exact) mass is 296 g/mol. The Bertz CT molecular complexity index is 827. The SMILES string of the molecule is COc1ccc2c(c1)c(C(=O)CCn1cccc1C)cn2C. The van der Waals surface area contributed by atoms with E-state index < -0.39 is 0 Å². The number of ketones is 1. The first kappa shape index (κ1) is 14.4. The Labute approximate surface area is 129 Å². The number of nitrogens with zero attached hydrogens (tertiary/aromatic N) is 2. The van der Waals surface area contributed by atoms with Crippen molar-refractivity contribution in [3.05, 3.63) is 54.0 Å². The Kier molecular flexibility index (Phi) is 3.75. The fourth-order valence-electron chi connectivity index (χ4n) is 2.83. The lowest BCUT2D eigenvalue weighted by Crippen LogP contribution is -2.06. The van der Waals surface area contributed by atoms with Crippen LogP contribution in [0.3, 0.4) is 0 Å². The molecule has 0 spiro atoms. The first-order chi connectivity index (χ1) is 10.6. The van der Waals surface area contributed by atoms with E-state index in [1.54, 1.807) is 7.11 Å². The van der Waals surface area contributed by atoms with Crippen LogP contribution < -0.4 is 4.74 Å². The zero-order chi connectivity index (χ0) is 15.7. The first-order valence-electron chi connectivity index (χ1n) is 7.38. The van der Waals surface area contributed by atoms with Crippen LogP contribution in [0.1, 0.15) is 22.5 Å². The second-order valence-corrected chi connectivity index (χ2v) is 5.55. The van der Waals surface area contributed by atoms with E-state index in [1.807, 2.05) is 61.3 Å². The number of ether oxygens (including phenoxy) is 1. The zero-order valence-corrected chi connectivity index (χ0v) is 13.2. The molecule has 3 aromatic rings.